The lowest BCUT2D eigenvalue weighted by Crippen LogP contribution is -2.14. The van der Waals surface area contributed by atoms with Crippen LogP contribution in [-0.4, -0.2) is 20.7 Å². The van der Waals surface area contributed by atoms with E-state index in [1.165, 1.54) is 0 Å². The minimum atomic E-state index is -0.236. The maximum Gasteiger partial charge on any atom is 0.277 e. The van der Waals surface area contributed by atoms with Gasteiger partial charge in [0.15, 0.2) is 5.69 Å². The number of aryl methyl sites for hydroxylation is 3. The molecular weight excluding hydrogens is 228 g/mol. The van der Waals surface area contributed by atoms with E-state index in [-0.39, 0.29) is 5.91 Å². The molecule has 0 unspecified atom stereocenters. The normalized spacial score (nSPS) is 10.4. The Bertz CT molecular complexity index is 554. The lowest BCUT2D eigenvalue weighted by atomic mass is 10.2. The van der Waals surface area contributed by atoms with Crippen molar-refractivity contribution in [3.05, 3.63) is 41.3 Å². The predicted octanol–water partition coefficient (Wildman–Crippen LogP) is 2.17. The SMILES string of the molecule is CCn1ccc(C(=O)Nc2cc(C)cc(C)n2)n1. The lowest BCUT2D eigenvalue weighted by molar-refractivity contribution is 0.102. The molecule has 0 saturated carbocycles. The maximum absolute atomic E-state index is 11.9. The molecule has 2 heterocycles. The Morgan fingerprint density at radius 3 is 2.78 bits per heavy atom. The van der Waals surface area contributed by atoms with Crippen molar-refractivity contribution in [2.45, 2.75) is 27.3 Å². The van der Waals surface area contributed by atoms with E-state index >= 15 is 0 Å². The van der Waals surface area contributed by atoms with Gasteiger partial charge in [0.05, 0.1) is 0 Å². The molecule has 0 spiro atoms. The monoisotopic (exact) mass is 244 g/mol. The van der Waals surface area contributed by atoms with E-state index in [4.69, 9.17) is 0 Å². The van der Waals surface area contributed by atoms with Gasteiger partial charge < -0.3 is 5.32 Å². The zero-order chi connectivity index (χ0) is 13.1. The highest BCUT2D eigenvalue weighted by Gasteiger charge is 2.10. The molecule has 0 saturated heterocycles. The topological polar surface area (TPSA) is 59.8 Å². The molecule has 2 aromatic heterocycles. The summed E-state index contributed by atoms with van der Waals surface area (Å²) in [6, 6.07) is 5.49. The van der Waals surface area contributed by atoms with E-state index in [9.17, 15) is 4.79 Å². The summed E-state index contributed by atoms with van der Waals surface area (Å²) >= 11 is 0. The number of aromatic nitrogens is 3. The smallest absolute Gasteiger partial charge is 0.277 e. The zero-order valence-electron chi connectivity index (χ0n) is 10.8. The first-order valence-corrected chi connectivity index (χ1v) is 5.88. The number of nitrogens with one attached hydrogen (secondary N) is 1. The highest BCUT2D eigenvalue weighted by molar-refractivity contribution is 6.02. The van der Waals surface area contributed by atoms with Gasteiger partial charge in [-0.15, -0.1) is 0 Å². The van der Waals surface area contributed by atoms with Gasteiger partial charge >= 0.3 is 0 Å². The molecule has 0 radical (unpaired) electrons. The molecule has 0 aliphatic carbocycles. The standard InChI is InChI=1S/C13H16N4O/c1-4-17-6-5-11(16-17)13(18)15-12-8-9(2)7-10(3)14-12/h5-8H,4H2,1-3H3,(H,14,15,18). The van der Waals surface area contributed by atoms with Crippen molar-refractivity contribution in [3.8, 4) is 0 Å². The van der Waals surface area contributed by atoms with Crippen LogP contribution in [0.25, 0.3) is 0 Å². The van der Waals surface area contributed by atoms with Gasteiger partial charge in [0.25, 0.3) is 5.91 Å². The van der Waals surface area contributed by atoms with Crippen molar-refractivity contribution >= 4 is 11.7 Å². The van der Waals surface area contributed by atoms with Gasteiger partial charge in [-0.05, 0) is 44.5 Å². The van der Waals surface area contributed by atoms with Crippen LogP contribution in [0.2, 0.25) is 0 Å². The Morgan fingerprint density at radius 2 is 2.17 bits per heavy atom. The summed E-state index contributed by atoms with van der Waals surface area (Å²) in [5, 5.41) is 6.90. The van der Waals surface area contributed by atoms with Crippen molar-refractivity contribution < 1.29 is 4.79 Å². The van der Waals surface area contributed by atoms with Gasteiger partial charge in [-0.3, -0.25) is 9.48 Å². The molecule has 18 heavy (non-hydrogen) atoms. The van der Waals surface area contributed by atoms with Gasteiger partial charge in [0.1, 0.15) is 5.82 Å². The van der Waals surface area contributed by atoms with Crippen LogP contribution in [0.1, 0.15) is 28.7 Å². The molecule has 2 rings (SSSR count). The third kappa shape index (κ3) is 2.74. The number of pyridine rings is 1. The number of rotatable bonds is 3. The Labute approximate surface area is 106 Å². The number of hydrogen-bond acceptors (Lipinski definition) is 3. The third-order valence-corrected chi connectivity index (χ3v) is 2.54. The number of anilines is 1. The molecule has 0 aliphatic rings. The molecule has 5 heteroatoms. The number of carbonyl (C=O) groups is 1. The summed E-state index contributed by atoms with van der Waals surface area (Å²) in [7, 11) is 0. The van der Waals surface area contributed by atoms with E-state index in [1.807, 2.05) is 32.9 Å². The van der Waals surface area contributed by atoms with Gasteiger partial charge in [0, 0.05) is 18.4 Å². The van der Waals surface area contributed by atoms with Crippen LogP contribution in [0.4, 0.5) is 5.82 Å². The van der Waals surface area contributed by atoms with E-state index in [0.29, 0.717) is 11.5 Å². The molecule has 0 fully saturated rings. The van der Waals surface area contributed by atoms with E-state index in [1.54, 1.807) is 16.9 Å². The largest absolute Gasteiger partial charge is 0.305 e. The van der Waals surface area contributed by atoms with Crippen LogP contribution in [-0.2, 0) is 6.54 Å². The second kappa shape index (κ2) is 5.00. The average Bonchev–Trinajstić information content (AvgIpc) is 2.75. The quantitative estimate of drug-likeness (QED) is 0.900. The first kappa shape index (κ1) is 12.3. The fourth-order valence-corrected chi connectivity index (χ4v) is 1.74. The van der Waals surface area contributed by atoms with E-state index in [0.717, 1.165) is 17.8 Å². The van der Waals surface area contributed by atoms with Crippen molar-refractivity contribution in [2.24, 2.45) is 0 Å². The predicted molar refractivity (Wildman–Crippen MR) is 69.6 cm³/mol. The summed E-state index contributed by atoms with van der Waals surface area (Å²) in [5.41, 5.74) is 2.35. The van der Waals surface area contributed by atoms with Crippen LogP contribution in [0.5, 0.6) is 0 Å². The highest BCUT2D eigenvalue weighted by Crippen LogP contribution is 2.10. The number of carbonyl (C=O) groups excluding carboxylic acids is 1. The van der Waals surface area contributed by atoms with Crippen molar-refractivity contribution in [1.29, 1.82) is 0 Å². The number of hydrogen-bond donors (Lipinski definition) is 1. The van der Waals surface area contributed by atoms with Gasteiger partial charge in [-0.2, -0.15) is 5.10 Å². The number of amides is 1. The van der Waals surface area contributed by atoms with Crippen molar-refractivity contribution in [2.75, 3.05) is 5.32 Å². The molecule has 0 aliphatic heterocycles. The molecule has 94 valence electrons. The summed E-state index contributed by atoms with van der Waals surface area (Å²) < 4.78 is 1.71. The molecule has 1 N–H and O–H groups in total. The molecule has 0 atom stereocenters. The summed E-state index contributed by atoms with van der Waals surface area (Å²) in [4.78, 5) is 16.2. The van der Waals surface area contributed by atoms with Crippen LogP contribution < -0.4 is 5.32 Å². The fraction of sp³-hybridized carbons (Fsp3) is 0.308. The van der Waals surface area contributed by atoms with Gasteiger partial charge in [0.2, 0.25) is 0 Å². The summed E-state index contributed by atoms with van der Waals surface area (Å²) in [5.74, 6) is 0.322. The fourth-order valence-electron chi connectivity index (χ4n) is 1.74. The molecule has 5 nitrogen and oxygen atoms in total. The molecule has 1 amide bonds. The Kier molecular flexibility index (Phi) is 3.41. The van der Waals surface area contributed by atoms with Crippen LogP contribution >= 0.6 is 0 Å². The second-order valence-electron chi connectivity index (χ2n) is 4.18. The minimum absolute atomic E-state index is 0.236. The van der Waals surface area contributed by atoms with Crippen molar-refractivity contribution in [1.82, 2.24) is 14.8 Å². The number of nitrogens with zero attached hydrogens (tertiary/aromatic N) is 3. The lowest BCUT2D eigenvalue weighted by Gasteiger charge is -2.04. The van der Waals surface area contributed by atoms with Gasteiger partial charge in [-0.1, -0.05) is 0 Å². The van der Waals surface area contributed by atoms with Crippen molar-refractivity contribution in [3.63, 3.8) is 0 Å². The van der Waals surface area contributed by atoms with Gasteiger partial charge in [-0.25, -0.2) is 4.98 Å². The summed E-state index contributed by atoms with van der Waals surface area (Å²) in [6.07, 6.45) is 1.78. The Morgan fingerprint density at radius 1 is 1.39 bits per heavy atom. The van der Waals surface area contributed by atoms with Crippen LogP contribution in [0.15, 0.2) is 24.4 Å². The van der Waals surface area contributed by atoms with E-state index < -0.39 is 0 Å². The molecular formula is C13H16N4O. The maximum atomic E-state index is 11.9. The third-order valence-electron chi connectivity index (χ3n) is 2.54. The molecule has 2 aromatic rings. The zero-order valence-corrected chi connectivity index (χ0v) is 10.8. The Balaban J connectivity index is 2.15. The highest BCUT2D eigenvalue weighted by atomic mass is 16.2. The second-order valence-corrected chi connectivity index (χ2v) is 4.18. The molecule has 0 aromatic carbocycles. The average molecular weight is 244 g/mol. The Hall–Kier alpha value is -2.17. The first-order chi connectivity index (χ1) is 8.58. The first-order valence-electron chi connectivity index (χ1n) is 5.88. The van der Waals surface area contributed by atoms with Crippen LogP contribution in [0, 0.1) is 13.8 Å². The summed E-state index contributed by atoms with van der Waals surface area (Å²) in [6.45, 7) is 6.58. The van der Waals surface area contributed by atoms with E-state index in [2.05, 4.69) is 15.4 Å². The molecule has 0 bridgehead atoms. The van der Waals surface area contributed by atoms with Crippen LogP contribution in [0.3, 0.4) is 0 Å². The minimum Gasteiger partial charge on any atom is -0.305 e.